The number of likely N-dealkylation sites (N-methyl/N-ethyl adjacent to an activating group) is 1. The fourth-order valence-corrected chi connectivity index (χ4v) is 2.25. The number of nitrogens with one attached hydrogen (secondary N) is 1. The first-order valence-corrected chi connectivity index (χ1v) is 6.44. The number of anilines is 1. The van der Waals surface area contributed by atoms with Gasteiger partial charge in [0.15, 0.2) is 0 Å². The van der Waals surface area contributed by atoms with Crippen molar-refractivity contribution in [3.8, 4) is 0 Å². The van der Waals surface area contributed by atoms with E-state index in [1.54, 1.807) is 0 Å². The number of piperazine rings is 1. The molecule has 4 nitrogen and oxygen atoms in total. The van der Waals surface area contributed by atoms with E-state index >= 15 is 0 Å². The molecule has 2 rings (SSSR count). The van der Waals surface area contributed by atoms with Crippen molar-refractivity contribution in [3.63, 3.8) is 0 Å². The van der Waals surface area contributed by atoms with Crippen molar-refractivity contribution in [1.29, 1.82) is 0 Å². The molecule has 1 amide bonds. The van der Waals surface area contributed by atoms with E-state index in [0.29, 0.717) is 6.54 Å². The minimum Gasteiger partial charge on any atom is -0.318 e. The minimum atomic E-state index is 0.197. The van der Waals surface area contributed by atoms with Gasteiger partial charge in [-0.1, -0.05) is 12.1 Å². The number of amides is 1. The Morgan fingerprint density at radius 1 is 1.33 bits per heavy atom. The standard InChI is InChI=1S/C14H21N3O/c1-12-4-3-5-13(10-12)17-9-8-16(7-6-15-2)11-14(17)18/h3-5,10,15H,6-9,11H2,1-2H3. The third-order valence-corrected chi connectivity index (χ3v) is 3.29. The van der Waals surface area contributed by atoms with Gasteiger partial charge in [0.05, 0.1) is 6.54 Å². The highest BCUT2D eigenvalue weighted by Gasteiger charge is 2.24. The van der Waals surface area contributed by atoms with E-state index in [9.17, 15) is 4.79 Å². The highest BCUT2D eigenvalue weighted by Crippen LogP contribution is 2.18. The first-order valence-electron chi connectivity index (χ1n) is 6.44. The van der Waals surface area contributed by atoms with Gasteiger partial charge in [-0.15, -0.1) is 0 Å². The van der Waals surface area contributed by atoms with Crippen LogP contribution in [0.4, 0.5) is 5.69 Å². The Hall–Kier alpha value is -1.39. The molecule has 0 radical (unpaired) electrons. The smallest absolute Gasteiger partial charge is 0.241 e. The van der Waals surface area contributed by atoms with E-state index in [1.165, 1.54) is 5.56 Å². The van der Waals surface area contributed by atoms with Gasteiger partial charge in [0.1, 0.15) is 0 Å². The summed E-state index contributed by atoms with van der Waals surface area (Å²) in [5, 5.41) is 3.11. The molecule has 0 aliphatic carbocycles. The van der Waals surface area contributed by atoms with Crippen LogP contribution in [0.1, 0.15) is 5.56 Å². The van der Waals surface area contributed by atoms with Crippen LogP contribution in [-0.4, -0.2) is 50.6 Å². The molecule has 0 saturated carbocycles. The Bertz CT molecular complexity index is 419. The largest absolute Gasteiger partial charge is 0.318 e. The summed E-state index contributed by atoms with van der Waals surface area (Å²) in [4.78, 5) is 16.2. The number of aryl methyl sites for hydroxylation is 1. The topological polar surface area (TPSA) is 35.6 Å². The first-order chi connectivity index (χ1) is 8.70. The van der Waals surface area contributed by atoms with Crippen LogP contribution in [0.15, 0.2) is 24.3 Å². The number of hydrogen-bond donors (Lipinski definition) is 1. The third kappa shape index (κ3) is 3.09. The molecule has 1 N–H and O–H groups in total. The number of benzene rings is 1. The van der Waals surface area contributed by atoms with E-state index in [-0.39, 0.29) is 5.91 Å². The van der Waals surface area contributed by atoms with Gasteiger partial charge in [-0.05, 0) is 31.7 Å². The zero-order chi connectivity index (χ0) is 13.0. The van der Waals surface area contributed by atoms with Crippen molar-refractivity contribution in [1.82, 2.24) is 10.2 Å². The first kappa shape index (κ1) is 13.1. The molecule has 4 heteroatoms. The van der Waals surface area contributed by atoms with Gasteiger partial charge in [-0.3, -0.25) is 9.69 Å². The molecule has 1 heterocycles. The van der Waals surface area contributed by atoms with Gasteiger partial charge in [-0.2, -0.15) is 0 Å². The molecule has 1 aliphatic heterocycles. The fraction of sp³-hybridized carbons (Fsp3) is 0.500. The van der Waals surface area contributed by atoms with E-state index < -0.39 is 0 Å². The van der Waals surface area contributed by atoms with Crippen LogP contribution in [0.25, 0.3) is 0 Å². The maximum atomic E-state index is 12.1. The number of carbonyl (C=O) groups is 1. The van der Waals surface area contributed by atoms with E-state index in [2.05, 4.69) is 29.3 Å². The average Bonchev–Trinajstić information content (AvgIpc) is 2.36. The summed E-state index contributed by atoms with van der Waals surface area (Å²) < 4.78 is 0. The number of hydrogen-bond acceptors (Lipinski definition) is 3. The lowest BCUT2D eigenvalue weighted by Gasteiger charge is -2.34. The van der Waals surface area contributed by atoms with Crippen LogP contribution >= 0.6 is 0 Å². The van der Waals surface area contributed by atoms with Gasteiger partial charge in [0.2, 0.25) is 5.91 Å². The summed E-state index contributed by atoms with van der Waals surface area (Å²) in [5.41, 5.74) is 2.21. The maximum absolute atomic E-state index is 12.1. The van der Waals surface area contributed by atoms with Crippen molar-refractivity contribution >= 4 is 11.6 Å². The van der Waals surface area contributed by atoms with Crippen LogP contribution < -0.4 is 10.2 Å². The lowest BCUT2D eigenvalue weighted by Crippen LogP contribution is -2.51. The number of carbonyl (C=O) groups excluding carboxylic acids is 1. The third-order valence-electron chi connectivity index (χ3n) is 3.29. The second-order valence-corrected chi connectivity index (χ2v) is 4.76. The van der Waals surface area contributed by atoms with Crippen molar-refractivity contribution in [2.45, 2.75) is 6.92 Å². The minimum absolute atomic E-state index is 0.197. The molecule has 1 aromatic carbocycles. The van der Waals surface area contributed by atoms with E-state index in [4.69, 9.17) is 0 Å². The Kier molecular flexibility index (Phi) is 4.33. The lowest BCUT2D eigenvalue weighted by atomic mass is 10.2. The predicted octanol–water partition coefficient (Wildman–Crippen LogP) is 0.863. The highest BCUT2D eigenvalue weighted by atomic mass is 16.2. The highest BCUT2D eigenvalue weighted by molar-refractivity contribution is 5.95. The number of rotatable bonds is 4. The van der Waals surface area contributed by atoms with Crippen LogP contribution in [-0.2, 0) is 4.79 Å². The summed E-state index contributed by atoms with van der Waals surface area (Å²) in [6.45, 7) is 6.17. The van der Waals surface area contributed by atoms with Crippen LogP contribution in [0, 0.1) is 6.92 Å². The van der Waals surface area contributed by atoms with Gasteiger partial charge < -0.3 is 10.2 Å². The fourth-order valence-electron chi connectivity index (χ4n) is 2.25. The average molecular weight is 247 g/mol. The molecule has 0 aromatic heterocycles. The molecule has 1 aromatic rings. The van der Waals surface area contributed by atoms with Crippen LogP contribution in [0.3, 0.4) is 0 Å². The van der Waals surface area contributed by atoms with Crippen molar-refractivity contribution < 1.29 is 4.79 Å². The molecule has 0 unspecified atom stereocenters. The molecule has 0 bridgehead atoms. The van der Waals surface area contributed by atoms with E-state index in [1.807, 2.05) is 24.1 Å². The summed E-state index contributed by atoms with van der Waals surface area (Å²) in [6, 6.07) is 8.14. The second-order valence-electron chi connectivity index (χ2n) is 4.76. The molecule has 1 saturated heterocycles. The Labute approximate surface area is 109 Å². The number of nitrogens with zero attached hydrogens (tertiary/aromatic N) is 2. The van der Waals surface area contributed by atoms with Crippen molar-refractivity contribution in [2.24, 2.45) is 0 Å². The van der Waals surface area contributed by atoms with Gasteiger partial charge in [0.25, 0.3) is 0 Å². The Balaban J connectivity index is 1.99. The molecule has 1 fully saturated rings. The van der Waals surface area contributed by atoms with E-state index in [0.717, 1.165) is 31.9 Å². The predicted molar refractivity (Wildman–Crippen MR) is 73.9 cm³/mol. The van der Waals surface area contributed by atoms with Gasteiger partial charge in [-0.25, -0.2) is 0 Å². The molecular formula is C14H21N3O. The summed E-state index contributed by atoms with van der Waals surface area (Å²) in [6.07, 6.45) is 0. The van der Waals surface area contributed by atoms with Crippen molar-refractivity contribution in [2.75, 3.05) is 44.7 Å². The molecule has 0 atom stereocenters. The summed E-state index contributed by atoms with van der Waals surface area (Å²) in [5.74, 6) is 0.197. The molecule has 18 heavy (non-hydrogen) atoms. The Morgan fingerprint density at radius 3 is 2.83 bits per heavy atom. The van der Waals surface area contributed by atoms with Gasteiger partial charge >= 0.3 is 0 Å². The quantitative estimate of drug-likeness (QED) is 0.857. The monoisotopic (exact) mass is 247 g/mol. The molecule has 0 spiro atoms. The zero-order valence-electron chi connectivity index (χ0n) is 11.1. The summed E-state index contributed by atoms with van der Waals surface area (Å²) >= 11 is 0. The van der Waals surface area contributed by atoms with Crippen LogP contribution in [0.5, 0.6) is 0 Å². The second kappa shape index (κ2) is 5.98. The van der Waals surface area contributed by atoms with Crippen LogP contribution in [0.2, 0.25) is 0 Å². The summed E-state index contributed by atoms with van der Waals surface area (Å²) in [7, 11) is 1.94. The van der Waals surface area contributed by atoms with Crippen molar-refractivity contribution in [3.05, 3.63) is 29.8 Å². The molecule has 1 aliphatic rings. The lowest BCUT2D eigenvalue weighted by molar-refractivity contribution is -0.121. The van der Waals surface area contributed by atoms with Gasteiger partial charge in [0, 0.05) is 31.9 Å². The Morgan fingerprint density at radius 2 is 2.17 bits per heavy atom. The molecule has 98 valence electrons. The normalized spacial score (nSPS) is 17.2. The molecular weight excluding hydrogens is 226 g/mol. The SMILES string of the molecule is CNCCN1CCN(c2cccc(C)c2)C(=O)C1. The zero-order valence-corrected chi connectivity index (χ0v) is 11.1. The maximum Gasteiger partial charge on any atom is 0.241 e.